The van der Waals surface area contributed by atoms with Gasteiger partial charge in [0, 0.05) is 53.4 Å². The number of piperazine rings is 1. The molecule has 0 amide bonds. The third-order valence-electron chi connectivity index (χ3n) is 8.84. The second kappa shape index (κ2) is 10.6. The van der Waals surface area contributed by atoms with Gasteiger partial charge >= 0.3 is 6.01 Å². The second-order valence-electron chi connectivity index (χ2n) is 11.8. The zero-order valence-electron chi connectivity index (χ0n) is 23.2. The maximum absolute atomic E-state index is 16.5. The summed E-state index contributed by atoms with van der Waals surface area (Å²) in [6, 6.07) is 12.2. The van der Waals surface area contributed by atoms with Gasteiger partial charge in [0.25, 0.3) is 0 Å². The summed E-state index contributed by atoms with van der Waals surface area (Å²) in [7, 11) is 0. The lowest BCUT2D eigenvalue weighted by Crippen LogP contribution is -2.53. The van der Waals surface area contributed by atoms with Gasteiger partial charge in [0.15, 0.2) is 5.82 Å². The number of nitrogens with one attached hydrogen (secondary N) is 1. The van der Waals surface area contributed by atoms with Crippen molar-refractivity contribution in [1.29, 1.82) is 0 Å². The molecule has 214 valence electrons. The van der Waals surface area contributed by atoms with E-state index in [1.165, 1.54) is 0 Å². The molecule has 4 aromatic rings. The Morgan fingerprint density at radius 2 is 2.00 bits per heavy atom. The molecular formula is C31H34ClFN6O2. The van der Waals surface area contributed by atoms with Crippen LogP contribution in [0.2, 0.25) is 5.02 Å². The van der Waals surface area contributed by atoms with Gasteiger partial charge in [0.2, 0.25) is 0 Å². The highest BCUT2D eigenvalue weighted by Gasteiger charge is 2.40. The van der Waals surface area contributed by atoms with Crippen molar-refractivity contribution >= 4 is 39.1 Å². The van der Waals surface area contributed by atoms with Gasteiger partial charge in [-0.2, -0.15) is 9.97 Å². The Morgan fingerprint density at radius 1 is 1.17 bits per heavy atom. The van der Waals surface area contributed by atoms with E-state index in [9.17, 15) is 5.11 Å². The topological polar surface area (TPSA) is 86.6 Å². The molecule has 0 saturated carbocycles. The minimum Gasteiger partial charge on any atom is -0.462 e. The molecule has 8 nitrogen and oxygen atoms in total. The van der Waals surface area contributed by atoms with E-state index in [2.05, 4.69) is 38.9 Å². The van der Waals surface area contributed by atoms with Crippen molar-refractivity contribution in [3.63, 3.8) is 0 Å². The Balaban J connectivity index is 1.33. The number of hydrogen-bond donors (Lipinski definition) is 2. The van der Waals surface area contributed by atoms with Crippen LogP contribution >= 0.6 is 11.6 Å². The number of nitrogens with zero attached hydrogens (tertiary/aromatic N) is 5. The molecule has 7 rings (SSSR count). The Bertz CT molecular complexity index is 1610. The van der Waals surface area contributed by atoms with Crippen LogP contribution in [0.15, 0.2) is 42.6 Å². The van der Waals surface area contributed by atoms with Crippen molar-refractivity contribution < 1.29 is 14.2 Å². The number of hydrogen-bond acceptors (Lipinski definition) is 8. The van der Waals surface area contributed by atoms with Crippen LogP contribution in [0.25, 0.3) is 32.9 Å². The standard InChI is InChI=1S/C31H34ClFN6O2/c1-17(2)39-11-5-8-20(39)16-41-31-36-29-22(30(37-31)38-14-19-12-25(40)24(15-38)35-19)13-34-28(27(29)33)21-9-3-6-18-7-4-10-23(32)26(18)21/h3-4,6-7,9-10,13,17,19-20,24-25,35,40H,5,8,11-12,14-16H2,1-2H3/t19-,20+,24?,25-/m1/s1. The molecule has 2 N–H and O–H groups in total. The molecule has 0 aliphatic carbocycles. The first-order valence-electron chi connectivity index (χ1n) is 14.5. The number of likely N-dealkylation sites (tertiary alicyclic amines) is 1. The van der Waals surface area contributed by atoms with Gasteiger partial charge in [0.05, 0.1) is 17.5 Å². The summed E-state index contributed by atoms with van der Waals surface area (Å²) >= 11 is 6.58. The van der Waals surface area contributed by atoms with Gasteiger partial charge in [-0.3, -0.25) is 9.88 Å². The van der Waals surface area contributed by atoms with Crippen LogP contribution in [-0.4, -0.2) is 81.5 Å². The summed E-state index contributed by atoms with van der Waals surface area (Å²) in [5, 5.41) is 16.7. The van der Waals surface area contributed by atoms with E-state index in [4.69, 9.17) is 21.3 Å². The summed E-state index contributed by atoms with van der Waals surface area (Å²) in [6.07, 6.45) is 4.08. The summed E-state index contributed by atoms with van der Waals surface area (Å²) in [6.45, 7) is 7.06. The largest absolute Gasteiger partial charge is 0.462 e. The number of ether oxygens (including phenoxy) is 1. The van der Waals surface area contributed by atoms with Crippen molar-refractivity contribution in [1.82, 2.24) is 25.2 Å². The fourth-order valence-electron chi connectivity index (χ4n) is 6.89. The van der Waals surface area contributed by atoms with Crippen molar-refractivity contribution in [2.45, 2.75) is 63.4 Å². The zero-order valence-corrected chi connectivity index (χ0v) is 24.0. The third kappa shape index (κ3) is 4.78. The van der Waals surface area contributed by atoms with E-state index in [-0.39, 0.29) is 35.3 Å². The summed E-state index contributed by atoms with van der Waals surface area (Å²) in [5.41, 5.74) is 0.957. The number of pyridine rings is 1. The van der Waals surface area contributed by atoms with E-state index >= 15 is 4.39 Å². The van der Waals surface area contributed by atoms with Gasteiger partial charge in [-0.05, 0) is 51.1 Å². The van der Waals surface area contributed by atoms with Crippen LogP contribution in [0.4, 0.5) is 10.2 Å². The smallest absolute Gasteiger partial charge is 0.319 e. The molecule has 4 atom stereocenters. The van der Waals surface area contributed by atoms with Crippen LogP contribution < -0.4 is 15.0 Å². The number of benzene rings is 2. The normalized spacial score (nSPS) is 24.7. The predicted octanol–water partition coefficient (Wildman–Crippen LogP) is 4.80. The molecule has 3 aliphatic heterocycles. The average molecular weight is 577 g/mol. The molecule has 0 spiro atoms. The molecular weight excluding hydrogens is 543 g/mol. The number of anilines is 1. The number of aromatic nitrogens is 3. The van der Waals surface area contributed by atoms with Crippen molar-refractivity contribution in [3.05, 3.63) is 53.4 Å². The quantitative estimate of drug-likeness (QED) is 0.338. The zero-order chi connectivity index (χ0) is 28.2. The van der Waals surface area contributed by atoms with E-state index < -0.39 is 11.9 Å². The minimum absolute atomic E-state index is 0.0730. The molecule has 3 saturated heterocycles. The lowest BCUT2D eigenvalue weighted by atomic mass is 10.0. The number of halogens is 2. The SMILES string of the molecule is CC(C)N1CCC[C@H]1COc1nc(N2CC3N[C@H](C[C@H]3O)C2)c2cnc(-c3cccc4cccc(Cl)c34)c(F)c2n1. The van der Waals surface area contributed by atoms with Crippen LogP contribution in [-0.2, 0) is 0 Å². The fourth-order valence-corrected chi connectivity index (χ4v) is 7.17. The number of aliphatic hydroxyl groups excluding tert-OH is 1. The van der Waals surface area contributed by atoms with Crippen LogP contribution in [0.3, 0.4) is 0 Å². The average Bonchev–Trinajstić information content (AvgIpc) is 3.54. The van der Waals surface area contributed by atoms with Gasteiger partial charge in [-0.1, -0.05) is 41.9 Å². The highest BCUT2D eigenvalue weighted by molar-refractivity contribution is 6.36. The first-order chi connectivity index (χ1) is 19.9. The first-order valence-corrected chi connectivity index (χ1v) is 14.9. The first kappa shape index (κ1) is 26.8. The molecule has 10 heteroatoms. The lowest BCUT2D eigenvalue weighted by molar-refractivity contribution is 0.138. The molecule has 2 aromatic heterocycles. The molecule has 1 unspecified atom stereocenters. The molecule has 2 bridgehead atoms. The van der Waals surface area contributed by atoms with Gasteiger partial charge in [0.1, 0.15) is 23.6 Å². The second-order valence-corrected chi connectivity index (χ2v) is 12.2. The van der Waals surface area contributed by atoms with Crippen molar-refractivity contribution in [3.8, 4) is 17.3 Å². The molecule has 3 fully saturated rings. The maximum atomic E-state index is 16.5. The van der Waals surface area contributed by atoms with E-state index in [1.807, 2.05) is 30.3 Å². The van der Waals surface area contributed by atoms with Gasteiger partial charge in [-0.25, -0.2) is 4.39 Å². The molecule has 2 aromatic carbocycles. The van der Waals surface area contributed by atoms with E-state index in [1.54, 1.807) is 12.3 Å². The van der Waals surface area contributed by atoms with E-state index in [0.717, 1.165) is 30.2 Å². The molecule has 0 radical (unpaired) electrons. The number of rotatable bonds is 6. The maximum Gasteiger partial charge on any atom is 0.319 e. The lowest BCUT2D eigenvalue weighted by Gasteiger charge is -2.34. The summed E-state index contributed by atoms with van der Waals surface area (Å²) in [5.74, 6) is 0.0443. The molecule has 41 heavy (non-hydrogen) atoms. The van der Waals surface area contributed by atoms with E-state index in [0.29, 0.717) is 53.9 Å². The molecule has 5 heterocycles. The number of aliphatic hydroxyl groups is 1. The van der Waals surface area contributed by atoms with Crippen LogP contribution in [0, 0.1) is 5.82 Å². The highest BCUT2D eigenvalue weighted by Crippen LogP contribution is 2.38. The minimum atomic E-state index is -0.536. The fraction of sp³-hybridized carbons (Fsp3) is 0.452. The van der Waals surface area contributed by atoms with Crippen LogP contribution in [0.5, 0.6) is 6.01 Å². The summed E-state index contributed by atoms with van der Waals surface area (Å²) < 4.78 is 22.8. The Labute approximate surface area is 243 Å². The third-order valence-corrected chi connectivity index (χ3v) is 9.16. The Kier molecular flexibility index (Phi) is 6.93. The van der Waals surface area contributed by atoms with Crippen molar-refractivity contribution in [2.24, 2.45) is 0 Å². The molecule has 3 aliphatic rings. The predicted molar refractivity (Wildman–Crippen MR) is 159 cm³/mol. The van der Waals surface area contributed by atoms with Gasteiger partial charge < -0.3 is 20.1 Å². The Morgan fingerprint density at radius 3 is 2.80 bits per heavy atom. The highest BCUT2D eigenvalue weighted by atomic mass is 35.5. The number of fused-ring (bicyclic) bond motifs is 4. The Hall–Kier alpha value is -3.11. The van der Waals surface area contributed by atoms with Gasteiger partial charge in [-0.15, -0.1) is 0 Å². The van der Waals surface area contributed by atoms with Crippen LogP contribution in [0.1, 0.15) is 33.1 Å². The summed E-state index contributed by atoms with van der Waals surface area (Å²) in [4.78, 5) is 18.6. The monoisotopic (exact) mass is 576 g/mol. The van der Waals surface area contributed by atoms with Crippen molar-refractivity contribution in [2.75, 3.05) is 31.1 Å².